The number of hydrogen-bond donors (Lipinski definition) is 9. The van der Waals surface area contributed by atoms with E-state index < -0.39 is 17.7 Å². The summed E-state index contributed by atoms with van der Waals surface area (Å²) in [5, 5.41) is 63.8. The van der Waals surface area contributed by atoms with E-state index in [4.69, 9.17) is 69.6 Å². The van der Waals surface area contributed by atoms with Crippen molar-refractivity contribution in [1.29, 1.82) is 0 Å². The van der Waals surface area contributed by atoms with Gasteiger partial charge < -0.3 is 47.2 Å². The highest BCUT2D eigenvalue weighted by Crippen LogP contribution is 2.44. The molecule has 3 fully saturated rings. The summed E-state index contributed by atoms with van der Waals surface area (Å²) < 4.78 is 4.18. The third kappa shape index (κ3) is 18.3. The molecule has 0 atom stereocenters. The molecule has 3 heterocycles. The van der Waals surface area contributed by atoms with Crippen molar-refractivity contribution in [2.75, 3.05) is 29.0 Å². The lowest BCUT2D eigenvalue weighted by Crippen LogP contribution is -2.33. The molecule has 0 aliphatic heterocycles. The number of aromatic hydroxyl groups is 3. The Bertz CT molecular complexity index is 5100. The zero-order valence-corrected chi connectivity index (χ0v) is 62.8. The predicted molar refractivity (Wildman–Crippen MR) is 423 cm³/mol. The molecule has 3 aromatic heterocycles. The van der Waals surface area contributed by atoms with Crippen molar-refractivity contribution in [1.82, 2.24) is 45.3 Å². The summed E-state index contributed by atoms with van der Waals surface area (Å²) in [6.45, 7) is 3.38. The summed E-state index contributed by atoms with van der Waals surface area (Å²) in [6, 6.07) is 52.6. The second-order valence-electron chi connectivity index (χ2n) is 26.2. The molecule has 11 aromatic rings. The fraction of sp³-hybridized carbons (Fsp3) is 0.222. The van der Waals surface area contributed by atoms with Crippen LogP contribution >= 0.6 is 69.6 Å². The monoisotopic (exact) mass is 1570 g/mol. The largest absolute Gasteiger partial charge is 0.507 e. The minimum atomic E-state index is -0.479. The number of hydrogen-bond acceptors (Lipinski definition) is 12. The van der Waals surface area contributed by atoms with Gasteiger partial charge in [0.15, 0.2) is 0 Å². The van der Waals surface area contributed by atoms with Gasteiger partial charge in [0.25, 0.3) is 17.7 Å². The van der Waals surface area contributed by atoms with E-state index in [2.05, 4.69) is 47.2 Å². The van der Waals surface area contributed by atoms with Gasteiger partial charge in [0.2, 0.25) is 0 Å². The van der Waals surface area contributed by atoms with Crippen molar-refractivity contribution in [2.45, 2.75) is 102 Å². The Morgan fingerprint density at radius 3 is 0.991 bits per heavy atom. The van der Waals surface area contributed by atoms with Crippen LogP contribution in [0.15, 0.2) is 188 Å². The van der Waals surface area contributed by atoms with Gasteiger partial charge in [-0.05, 0) is 172 Å². The fourth-order valence-corrected chi connectivity index (χ4v) is 14.1. The minimum Gasteiger partial charge on any atom is -0.507 e. The van der Waals surface area contributed by atoms with Crippen LogP contribution in [0.5, 0.6) is 17.2 Å². The molecule has 14 rings (SSSR count). The summed E-state index contributed by atoms with van der Waals surface area (Å²) in [7, 11) is 0. The van der Waals surface area contributed by atoms with Gasteiger partial charge in [0, 0.05) is 71.1 Å². The molecule has 0 saturated heterocycles. The number of carbonyl (C=O) groups excluding carboxylic acids is 6. The number of rotatable bonds is 19. The molecular formula is C81H74Cl6N12O9. The number of carbonyl (C=O) groups is 6. The number of aromatic nitrogens is 6. The number of nitrogens with one attached hydrogen (secondary N) is 6. The molecule has 0 radical (unpaired) electrons. The number of anilines is 3. The lowest BCUT2D eigenvalue weighted by Gasteiger charge is -2.25. The number of benzene rings is 8. The smallest absolute Gasteiger partial charge is 0.342 e. The highest BCUT2D eigenvalue weighted by Gasteiger charge is 2.32. The van der Waals surface area contributed by atoms with Crippen LogP contribution in [0.3, 0.4) is 0 Å². The highest BCUT2D eigenvalue weighted by atomic mass is 35.5. The van der Waals surface area contributed by atoms with E-state index in [9.17, 15) is 44.1 Å². The van der Waals surface area contributed by atoms with Gasteiger partial charge >= 0.3 is 18.1 Å². The normalized spacial score (nSPS) is 13.2. The van der Waals surface area contributed by atoms with Crippen molar-refractivity contribution in [3.05, 3.63) is 263 Å². The number of halogens is 6. The first kappa shape index (κ1) is 77.0. The van der Waals surface area contributed by atoms with Gasteiger partial charge in [-0.1, -0.05) is 175 Å². The molecule has 108 heavy (non-hydrogen) atoms. The van der Waals surface area contributed by atoms with E-state index in [0.717, 1.165) is 92.4 Å². The van der Waals surface area contributed by atoms with Crippen molar-refractivity contribution in [3.8, 4) is 51.0 Å². The van der Waals surface area contributed by atoms with Crippen LogP contribution in [-0.2, 0) is 13.0 Å². The Labute approximate surface area is 652 Å². The highest BCUT2D eigenvalue weighted by molar-refractivity contribution is 6.42. The minimum absolute atomic E-state index is 0.0115. The number of nitrogens with zero attached hydrogens (tertiary/aromatic N) is 6. The molecule has 3 saturated carbocycles. The molecule has 21 nitrogen and oxygen atoms in total. The first-order chi connectivity index (χ1) is 52.2. The maximum absolute atomic E-state index is 13.1. The molecule has 8 aromatic carbocycles. The van der Waals surface area contributed by atoms with Gasteiger partial charge in [-0.2, -0.15) is 29.3 Å². The number of phenols is 3. The Balaban J connectivity index is 0.000000152. The summed E-state index contributed by atoms with van der Waals surface area (Å²) in [4.78, 5) is 77.3. The molecule has 3 aliphatic carbocycles. The van der Waals surface area contributed by atoms with Crippen molar-refractivity contribution < 1.29 is 44.1 Å². The SMILES string of the molecule is CCCNC(=O)n1nc(-c2cc(NC(=O)c3c(Cl)cccc3Cl)ccc2O)cc1C1CCC1.O=C(Nc1ccc(O)c(-c2cc(C3CCC3)n(C(=O)NCCc3ccccc3)n2)c1)c1c(Cl)cccc1Cl.O=C(Nc1ccc(O)c(-c2cc(C3CCC3)n(C(=O)NCc3ccccc3)n2)c1)c1c(Cl)cccc1Cl. The van der Waals surface area contributed by atoms with Crippen LogP contribution in [-0.4, -0.2) is 93.6 Å². The quantitative estimate of drug-likeness (QED) is 0.0342. The Hall–Kier alpha value is -10.7. The standard InChI is InChI=1S/C29H26Cl2N4O3.C28H24Cl2N4O3.C24H24Cl2N4O3/c30-22-10-5-11-23(31)27(22)28(37)33-20-12-13-26(36)21(16-20)24-17-25(19-8-4-9-19)35(34-24)29(38)32-15-14-18-6-2-1-3-7-18;29-21-10-5-11-22(30)26(21)27(36)32-19-12-13-25(35)20(14-19)23-15-24(18-8-4-9-18)34(33-23)28(37)31-16-17-6-2-1-3-7-17;1-2-11-27-24(33)30-20(14-5-3-6-14)13-19(29-30)16-12-15(9-10-21(16)31)28-23(32)22-17(25)7-4-8-18(22)26/h1-3,5-7,10-13,16-17,19,36H,4,8-9,14-15H2,(H,32,38)(H,33,37);1-3,5-7,10-15,18,35H,4,8-9,16H2,(H,31,37)(H,32,36);4,7-10,12-14,31H,2-3,5-6,11H2,1H3,(H,27,33)(H,28,32). The van der Waals surface area contributed by atoms with E-state index in [0.29, 0.717) is 76.9 Å². The van der Waals surface area contributed by atoms with Gasteiger partial charge in [-0.15, -0.1) is 0 Å². The summed E-state index contributed by atoms with van der Waals surface area (Å²) in [6.07, 6.45) is 10.7. The molecule has 3 aliphatic rings. The van der Waals surface area contributed by atoms with Crippen LogP contribution in [0.25, 0.3) is 33.8 Å². The molecule has 0 bridgehead atoms. The van der Waals surface area contributed by atoms with E-state index in [-0.39, 0.29) is 99.9 Å². The second kappa shape index (κ2) is 35.4. The molecular weight excluding hydrogens is 1500 g/mol. The Morgan fingerprint density at radius 2 is 0.685 bits per heavy atom. The Kier molecular flexibility index (Phi) is 25.2. The van der Waals surface area contributed by atoms with Gasteiger partial charge in [-0.25, -0.2) is 14.4 Å². The van der Waals surface area contributed by atoms with Gasteiger partial charge in [0.1, 0.15) is 17.2 Å². The number of amides is 6. The van der Waals surface area contributed by atoms with Crippen LogP contribution in [0.4, 0.5) is 31.4 Å². The van der Waals surface area contributed by atoms with Crippen molar-refractivity contribution in [2.24, 2.45) is 0 Å². The van der Waals surface area contributed by atoms with E-state index in [1.807, 2.05) is 85.8 Å². The zero-order valence-electron chi connectivity index (χ0n) is 58.3. The van der Waals surface area contributed by atoms with Crippen LogP contribution < -0.4 is 31.9 Å². The zero-order chi connectivity index (χ0) is 76.1. The lowest BCUT2D eigenvalue weighted by molar-refractivity contribution is 0.101. The summed E-state index contributed by atoms with van der Waals surface area (Å²) in [5.41, 5.74) is 8.80. The Morgan fingerprint density at radius 1 is 0.380 bits per heavy atom. The summed E-state index contributed by atoms with van der Waals surface area (Å²) in [5.74, 6) is -0.782. The lowest BCUT2D eigenvalue weighted by atomic mass is 9.82. The molecule has 6 amide bonds. The maximum Gasteiger partial charge on any atom is 0.342 e. The van der Waals surface area contributed by atoms with Crippen LogP contribution in [0, 0.1) is 0 Å². The molecule has 27 heteroatoms. The van der Waals surface area contributed by atoms with Gasteiger partial charge in [-0.3, -0.25) is 14.4 Å². The van der Waals surface area contributed by atoms with Crippen LogP contribution in [0.2, 0.25) is 30.1 Å². The first-order valence-corrected chi connectivity index (χ1v) is 37.4. The van der Waals surface area contributed by atoms with Crippen molar-refractivity contribution in [3.63, 3.8) is 0 Å². The molecule has 9 N–H and O–H groups in total. The van der Waals surface area contributed by atoms with E-state index >= 15 is 0 Å². The summed E-state index contributed by atoms with van der Waals surface area (Å²) >= 11 is 37.0. The predicted octanol–water partition coefficient (Wildman–Crippen LogP) is 19.8. The molecule has 0 spiro atoms. The topological polar surface area (TPSA) is 289 Å². The number of phenolic OH excluding ortho intramolecular Hbond substituents is 3. The fourth-order valence-electron chi connectivity index (χ4n) is 12.4. The average Bonchev–Trinajstić information content (AvgIpc) is 1.64. The van der Waals surface area contributed by atoms with Crippen molar-refractivity contribution >= 4 is 122 Å². The van der Waals surface area contributed by atoms with Crippen LogP contribution in [0.1, 0.15) is 148 Å². The third-order valence-corrected chi connectivity index (χ3v) is 20.8. The van der Waals surface area contributed by atoms with E-state index in [1.54, 1.807) is 91.0 Å². The average molecular weight is 1570 g/mol. The third-order valence-electron chi connectivity index (χ3n) is 18.9. The van der Waals surface area contributed by atoms with Gasteiger partial charge in [0.05, 0.1) is 81.0 Å². The maximum atomic E-state index is 13.1. The van der Waals surface area contributed by atoms with E-state index in [1.165, 1.54) is 32.2 Å². The first-order valence-electron chi connectivity index (χ1n) is 35.2. The molecule has 554 valence electrons. The molecule has 0 unspecified atom stereocenters. The second-order valence-corrected chi connectivity index (χ2v) is 28.6.